The maximum absolute atomic E-state index is 10.8. The molecule has 140 valence electrons. The largest absolute Gasteiger partial charge is 0.270 e. The number of anilines is 1. The van der Waals surface area contributed by atoms with E-state index in [1.807, 2.05) is 0 Å². The fourth-order valence-corrected chi connectivity index (χ4v) is 2.58. The molecule has 0 aliphatic rings. The van der Waals surface area contributed by atoms with Crippen molar-refractivity contribution < 1.29 is 9.85 Å². The predicted molar refractivity (Wildman–Crippen MR) is 105 cm³/mol. The lowest BCUT2D eigenvalue weighted by Gasteiger charge is -1.94. The summed E-state index contributed by atoms with van der Waals surface area (Å²) >= 11 is 1.12. The second kappa shape index (κ2) is 8.55. The maximum atomic E-state index is 10.8. The number of hydrazone groups is 1. The van der Waals surface area contributed by atoms with Gasteiger partial charge in [0, 0.05) is 36.0 Å². The van der Waals surface area contributed by atoms with Crippen molar-refractivity contribution in [3.63, 3.8) is 0 Å². The molecule has 1 N–H and O–H groups in total. The van der Waals surface area contributed by atoms with Gasteiger partial charge in [-0.1, -0.05) is 35.6 Å². The number of hydrogen-bond donors (Lipinski definition) is 1. The molecule has 0 amide bonds. The standard InChI is InChI=1S/C16H11N7O4S/c24-22(25)13-5-1-3-11(7-13)9-17-15-20-21-16(28-15)19-18-10-12-4-2-6-14(8-12)23(26)27/h1-10H,(H,19,21)/b17-9+,18-10+. The van der Waals surface area contributed by atoms with Crippen LogP contribution in [0, 0.1) is 20.2 Å². The number of benzene rings is 2. The molecule has 3 rings (SSSR count). The molecule has 0 atom stereocenters. The molecule has 1 heterocycles. The average molecular weight is 397 g/mol. The van der Waals surface area contributed by atoms with Crippen LogP contribution < -0.4 is 5.43 Å². The smallest absolute Gasteiger partial charge is 0.258 e. The molecule has 0 unspecified atom stereocenters. The van der Waals surface area contributed by atoms with Crippen molar-refractivity contribution in [2.75, 3.05) is 5.43 Å². The van der Waals surface area contributed by atoms with Gasteiger partial charge in [0.15, 0.2) is 0 Å². The molecular formula is C16H11N7O4S. The lowest BCUT2D eigenvalue weighted by atomic mass is 10.2. The third kappa shape index (κ3) is 4.98. The van der Waals surface area contributed by atoms with Crippen LogP contribution in [0.15, 0.2) is 58.6 Å². The Hall–Kier alpha value is -4.06. The number of aliphatic imine (C=N–C) groups is 1. The normalized spacial score (nSPS) is 11.1. The molecule has 0 radical (unpaired) electrons. The van der Waals surface area contributed by atoms with Crippen molar-refractivity contribution in [2.24, 2.45) is 10.1 Å². The molecule has 28 heavy (non-hydrogen) atoms. The molecule has 0 fully saturated rings. The van der Waals surface area contributed by atoms with Crippen LogP contribution >= 0.6 is 11.3 Å². The van der Waals surface area contributed by atoms with Gasteiger partial charge in [-0.15, -0.1) is 10.2 Å². The maximum Gasteiger partial charge on any atom is 0.270 e. The number of non-ortho nitro benzene ring substituents is 2. The van der Waals surface area contributed by atoms with E-state index in [9.17, 15) is 20.2 Å². The van der Waals surface area contributed by atoms with Gasteiger partial charge in [0.25, 0.3) is 11.4 Å². The lowest BCUT2D eigenvalue weighted by Crippen LogP contribution is -1.92. The van der Waals surface area contributed by atoms with Gasteiger partial charge in [-0.3, -0.25) is 25.7 Å². The molecule has 3 aromatic rings. The Morgan fingerprint density at radius 3 is 2.14 bits per heavy atom. The van der Waals surface area contributed by atoms with Crippen molar-refractivity contribution in [1.82, 2.24) is 10.2 Å². The summed E-state index contributed by atoms with van der Waals surface area (Å²) in [7, 11) is 0. The highest BCUT2D eigenvalue weighted by molar-refractivity contribution is 7.18. The first-order chi connectivity index (χ1) is 13.5. The van der Waals surface area contributed by atoms with Crippen LogP contribution in [0.25, 0.3) is 0 Å². The number of rotatable bonds is 7. The molecule has 0 aliphatic heterocycles. The van der Waals surface area contributed by atoms with Crippen molar-refractivity contribution in [3.8, 4) is 0 Å². The molecule has 12 heteroatoms. The van der Waals surface area contributed by atoms with E-state index in [1.54, 1.807) is 24.3 Å². The minimum absolute atomic E-state index is 0.0287. The Morgan fingerprint density at radius 2 is 1.54 bits per heavy atom. The Balaban J connectivity index is 1.63. The third-order valence-corrected chi connectivity index (χ3v) is 4.01. The first kappa shape index (κ1) is 18.7. The Labute approximate surface area is 161 Å². The van der Waals surface area contributed by atoms with Crippen LogP contribution in [-0.4, -0.2) is 32.5 Å². The predicted octanol–water partition coefficient (Wildman–Crippen LogP) is 3.55. The van der Waals surface area contributed by atoms with Crippen LogP contribution in [0.5, 0.6) is 0 Å². The van der Waals surface area contributed by atoms with E-state index in [0.717, 1.165) is 11.3 Å². The highest BCUT2D eigenvalue weighted by Crippen LogP contribution is 2.23. The summed E-state index contributed by atoms with van der Waals surface area (Å²) in [6.07, 6.45) is 2.87. The zero-order chi connectivity index (χ0) is 19.9. The first-order valence-electron chi connectivity index (χ1n) is 7.67. The molecule has 1 aromatic heterocycles. The summed E-state index contributed by atoms with van der Waals surface area (Å²) in [6.45, 7) is 0. The number of nitrogens with zero attached hydrogens (tertiary/aromatic N) is 6. The number of nitrogens with one attached hydrogen (secondary N) is 1. The Kier molecular flexibility index (Phi) is 5.72. The van der Waals surface area contributed by atoms with Crippen LogP contribution in [0.1, 0.15) is 11.1 Å². The second-order valence-corrected chi connectivity index (χ2v) is 6.18. The Bertz CT molecular complexity index is 1080. The van der Waals surface area contributed by atoms with E-state index in [2.05, 4.69) is 25.7 Å². The number of nitro benzene ring substituents is 2. The van der Waals surface area contributed by atoms with E-state index >= 15 is 0 Å². The fraction of sp³-hybridized carbons (Fsp3) is 0. The number of aromatic nitrogens is 2. The van der Waals surface area contributed by atoms with Gasteiger partial charge in [0.2, 0.25) is 10.3 Å². The summed E-state index contributed by atoms with van der Waals surface area (Å²) < 4.78 is 0. The summed E-state index contributed by atoms with van der Waals surface area (Å²) in [5.41, 5.74) is 3.72. The van der Waals surface area contributed by atoms with Gasteiger partial charge in [0.1, 0.15) is 0 Å². The van der Waals surface area contributed by atoms with Gasteiger partial charge in [-0.25, -0.2) is 4.99 Å². The molecule has 0 bridgehead atoms. The zero-order valence-corrected chi connectivity index (χ0v) is 14.8. The molecule has 2 aromatic carbocycles. The topological polar surface area (TPSA) is 149 Å². The van der Waals surface area contributed by atoms with Crippen LogP contribution in [-0.2, 0) is 0 Å². The van der Waals surface area contributed by atoms with E-state index < -0.39 is 9.85 Å². The van der Waals surface area contributed by atoms with Crippen LogP contribution in [0.4, 0.5) is 21.6 Å². The summed E-state index contributed by atoms with van der Waals surface area (Å²) in [5, 5.41) is 33.9. The highest BCUT2D eigenvalue weighted by atomic mass is 32.1. The molecule has 0 saturated heterocycles. The molecule has 0 aliphatic carbocycles. The molecular weight excluding hydrogens is 386 g/mol. The van der Waals surface area contributed by atoms with E-state index in [0.29, 0.717) is 21.4 Å². The average Bonchev–Trinajstić information content (AvgIpc) is 3.14. The van der Waals surface area contributed by atoms with Crippen LogP contribution in [0.2, 0.25) is 0 Å². The van der Waals surface area contributed by atoms with E-state index in [4.69, 9.17) is 0 Å². The molecule has 0 spiro atoms. The SMILES string of the molecule is O=[N+]([O-])c1cccc(/C=N/Nc2nnc(/N=C/c3cccc([N+](=O)[O-])c3)s2)c1. The first-order valence-corrected chi connectivity index (χ1v) is 8.48. The number of nitro groups is 2. The highest BCUT2D eigenvalue weighted by Gasteiger charge is 2.06. The van der Waals surface area contributed by atoms with E-state index in [-0.39, 0.29) is 11.4 Å². The van der Waals surface area contributed by atoms with Crippen molar-refractivity contribution in [1.29, 1.82) is 0 Å². The van der Waals surface area contributed by atoms with Crippen LogP contribution in [0.3, 0.4) is 0 Å². The summed E-state index contributed by atoms with van der Waals surface area (Å²) in [6, 6.07) is 12.0. The van der Waals surface area contributed by atoms with Crippen molar-refractivity contribution in [3.05, 3.63) is 79.9 Å². The Morgan fingerprint density at radius 1 is 0.929 bits per heavy atom. The monoisotopic (exact) mass is 397 g/mol. The third-order valence-electron chi connectivity index (χ3n) is 3.27. The van der Waals surface area contributed by atoms with Crippen molar-refractivity contribution in [2.45, 2.75) is 0 Å². The minimum atomic E-state index is -0.485. The van der Waals surface area contributed by atoms with Gasteiger partial charge in [-0.2, -0.15) is 5.10 Å². The molecule has 11 nitrogen and oxygen atoms in total. The van der Waals surface area contributed by atoms with Crippen molar-refractivity contribution >= 4 is 45.4 Å². The quantitative estimate of drug-likeness (QED) is 0.364. The molecule has 0 saturated carbocycles. The fourth-order valence-electron chi connectivity index (χ4n) is 2.04. The summed E-state index contributed by atoms with van der Waals surface area (Å²) in [5.74, 6) is 0. The second-order valence-electron chi connectivity index (χ2n) is 5.22. The van der Waals surface area contributed by atoms with E-state index in [1.165, 1.54) is 36.7 Å². The van der Waals surface area contributed by atoms with Gasteiger partial charge in [0.05, 0.1) is 16.1 Å². The van der Waals surface area contributed by atoms with Gasteiger partial charge < -0.3 is 0 Å². The zero-order valence-electron chi connectivity index (χ0n) is 14.0. The summed E-state index contributed by atoms with van der Waals surface area (Å²) in [4.78, 5) is 24.7. The van der Waals surface area contributed by atoms with Gasteiger partial charge >= 0.3 is 0 Å². The number of hydrogen-bond acceptors (Lipinski definition) is 10. The lowest BCUT2D eigenvalue weighted by molar-refractivity contribution is -0.385. The minimum Gasteiger partial charge on any atom is -0.258 e. The van der Waals surface area contributed by atoms with Gasteiger partial charge in [-0.05, 0) is 5.56 Å².